The molecular weight excluding hydrogens is 552 g/mol. The molecule has 25 heavy (non-hydrogen) atoms. The maximum atomic E-state index is 12.4. The molecule has 1 aromatic carbocycles. The topological polar surface area (TPSA) is 105 Å². The van der Waals surface area contributed by atoms with Crippen molar-refractivity contribution in [1.29, 1.82) is 5.26 Å². The highest BCUT2D eigenvalue weighted by Crippen LogP contribution is 2.19. The molecule has 0 saturated heterocycles. The number of ether oxygens (including phenoxy) is 1. The summed E-state index contributed by atoms with van der Waals surface area (Å²) >= 11 is 4.24. The van der Waals surface area contributed by atoms with E-state index in [2.05, 4.69) is 47.0 Å². The molecule has 2 rings (SSSR count). The van der Waals surface area contributed by atoms with Gasteiger partial charge in [-0.2, -0.15) is 5.26 Å². The van der Waals surface area contributed by atoms with E-state index >= 15 is 0 Å². The standard InChI is InChI=1S/C16H15N3O4.I2/c1-8-5-11(7-17)12(15(21)23-4)6-13(8)19-14(20)9(2)10(3)18-16(19)22;1-2/h5-6H,1-4H3,(H,18,22);. The van der Waals surface area contributed by atoms with E-state index < -0.39 is 17.2 Å². The number of nitrogens with zero attached hydrogens (tertiary/aromatic N) is 2. The van der Waals surface area contributed by atoms with Gasteiger partial charge in [-0.3, -0.25) is 4.79 Å². The fourth-order valence-electron chi connectivity index (χ4n) is 2.26. The fourth-order valence-corrected chi connectivity index (χ4v) is 2.26. The number of nitrogens with one attached hydrogen (secondary N) is 1. The highest BCUT2D eigenvalue weighted by atomic mass is 128. The van der Waals surface area contributed by atoms with E-state index in [0.29, 0.717) is 16.8 Å². The average molecular weight is 567 g/mol. The number of carbonyl (C=O) groups excluding carboxylic acids is 1. The monoisotopic (exact) mass is 567 g/mol. The number of halogens is 2. The van der Waals surface area contributed by atoms with E-state index in [9.17, 15) is 14.4 Å². The first-order valence-electron chi connectivity index (χ1n) is 6.92. The van der Waals surface area contributed by atoms with E-state index in [0.717, 1.165) is 4.57 Å². The molecule has 0 fully saturated rings. The van der Waals surface area contributed by atoms with Crippen LogP contribution in [0.2, 0.25) is 0 Å². The third kappa shape index (κ3) is 4.30. The van der Waals surface area contributed by atoms with Crippen molar-refractivity contribution in [3.8, 4) is 11.8 Å². The van der Waals surface area contributed by atoms with Crippen molar-refractivity contribution in [2.75, 3.05) is 7.11 Å². The number of rotatable bonds is 2. The summed E-state index contributed by atoms with van der Waals surface area (Å²) in [6.45, 7) is 4.89. The van der Waals surface area contributed by atoms with Gasteiger partial charge in [-0.05, 0) is 38.5 Å². The van der Waals surface area contributed by atoms with Crippen LogP contribution in [0.3, 0.4) is 0 Å². The van der Waals surface area contributed by atoms with Crippen LogP contribution >= 0.6 is 37.2 Å². The number of benzene rings is 1. The van der Waals surface area contributed by atoms with Gasteiger partial charge in [0, 0.05) is 48.5 Å². The minimum atomic E-state index is -0.712. The summed E-state index contributed by atoms with van der Waals surface area (Å²) in [6, 6.07) is 4.68. The molecule has 9 heteroatoms. The lowest BCUT2D eigenvalue weighted by Gasteiger charge is -2.12. The van der Waals surface area contributed by atoms with Crippen molar-refractivity contribution >= 4 is 43.2 Å². The van der Waals surface area contributed by atoms with E-state index in [-0.39, 0.29) is 16.8 Å². The first kappa shape index (κ1) is 21.4. The Morgan fingerprint density at radius 3 is 2.36 bits per heavy atom. The number of esters is 1. The molecular formula is C16H15I2N3O4. The smallest absolute Gasteiger partial charge is 0.339 e. The molecule has 7 nitrogen and oxygen atoms in total. The lowest BCUT2D eigenvalue weighted by atomic mass is 10.0. The van der Waals surface area contributed by atoms with Crippen molar-refractivity contribution in [2.45, 2.75) is 20.8 Å². The summed E-state index contributed by atoms with van der Waals surface area (Å²) < 4.78 is 5.60. The molecule has 132 valence electrons. The van der Waals surface area contributed by atoms with Gasteiger partial charge in [-0.25, -0.2) is 14.2 Å². The Labute approximate surface area is 167 Å². The van der Waals surface area contributed by atoms with Crippen molar-refractivity contribution in [1.82, 2.24) is 9.55 Å². The molecule has 0 aliphatic carbocycles. The van der Waals surface area contributed by atoms with Gasteiger partial charge in [0.25, 0.3) is 5.56 Å². The SMILES string of the molecule is COC(=O)c1cc(-n2c(=O)[nH]c(C)c(C)c2=O)c(C)cc1C#N.II. The van der Waals surface area contributed by atoms with Gasteiger partial charge in [0.2, 0.25) is 0 Å². The Hall–Kier alpha value is -1.68. The molecule has 0 saturated carbocycles. The zero-order chi connectivity index (χ0) is 19.3. The third-order valence-corrected chi connectivity index (χ3v) is 3.69. The van der Waals surface area contributed by atoms with Gasteiger partial charge in [0.1, 0.15) is 6.07 Å². The minimum absolute atomic E-state index is 0.000119. The predicted octanol–water partition coefficient (Wildman–Crippen LogP) is 2.88. The van der Waals surface area contributed by atoms with Gasteiger partial charge in [0.05, 0.1) is 23.9 Å². The maximum Gasteiger partial charge on any atom is 0.339 e. The highest BCUT2D eigenvalue weighted by molar-refractivity contribution is 15.0. The Morgan fingerprint density at radius 2 is 1.84 bits per heavy atom. The van der Waals surface area contributed by atoms with Crippen molar-refractivity contribution < 1.29 is 9.53 Å². The molecule has 0 aliphatic rings. The highest BCUT2D eigenvalue weighted by Gasteiger charge is 2.18. The van der Waals surface area contributed by atoms with Gasteiger partial charge in [-0.1, -0.05) is 0 Å². The summed E-state index contributed by atoms with van der Waals surface area (Å²) in [5.41, 5.74) is 0.663. The quantitative estimate of drug-likeness (QED) is 0.444. The van der Waals surface area contributed by atoms with Crippen molar-refractivity contribution in [2.24, 2.45) is 0 Å². The molecule has 0 unspecified atom stereocenters. The summed E-state index contributed by atoms with van der Waals surface area (Å²) in [4.78, 5) is 39.1. The second kappa shape index (κ2) is 9.14. The molecule has 0 aliphatic heterocycles. The second-order valence-electron chi connectivity index (χ2n) is 5.11. The summed E-state index contributed by atoms with van der Waals surface area (Å²) in [5, 5.41) is 9.14. The van der Waals surface area contributed by atoms with Crippen LogP contribution < -0.4 is 11.2 Å². The Balaban J connectivity index is 0.00000151. The molecule has 1 N–H and O–H groups in total. The number of hydrogen-bond donors (Lipinski definition) is 1. The van der Waals surface area contributed by atoms with E-state index in [4.69, 9.17) is 5.26 Å². The number of hydrogen-bond acceptors (Lipinski definition) is 5. The molecule has 0 amide bonds. The van der Waals surface area contributed by atoms with Crippen LogP contribution in [-0.2, 0) is 4.74 Å². The van der Waals surface area contributed by atoms with Crippen LogP contribution in [0.1, 0.15) is 32.7 Å². The van der Waals surface area contributed by atoms with Crippen LogP contribution in [0, 0.1) is 32.1 Å². The zero-order valence-corrected chi connectivity index (χ0v) is 18.3. The Bertz CT molecular complexity index is 971. The number of methoxy groups -OCH3 is 1. The van der Waals surface area contributed by atoms with Crippen molar-refractivity contribution in [3.05, 3.63) is 60.9 Å². The van der Waals surface area contributed by atoms with Gasteiger partial charge in [0.15, 0.2) is 0 Å². The fraction of sp³-hybridized carbons (Fsp3) is 0.250. The number of aromatic nitrogens is 2. The van der Waals surface area contributed by atoms with Gasteiger partial charge < -0.3 is 9.72 Å². The van der Waals surface area contributed by atoms with Gasteiger partial charge in [-0.15, -0.1) is 0 Å². The van der Waals surface area contributed by atoms with Crippen LogP contribution in [0.15, 0.2) is 21.7 Å². The van der Waals surface area contributed by atoms with E-state index in [1.54, 1.807) is 20.8 Å². The molecule has 0 radical (unpaired) electrons. The van der Waals surface area contributed by atoms with Crippen LogP contribution in [0.5, 0.6) is 0 Å². The first-order valence-corrected chi connectivity index (χ1v) is 13.2. The van der Waals surface area contributed by atoms with Crippen LogP contribution in [0.4, 0.5) is 0 Å². The molecule has 0 atom stereocenters. The molecule has 1 aromatic heterocycles. The summed E-state index contributed by atoms with van der Waals surface area (Å²) in [5.74, 6) is -0.712. The number of H-pyrrole nitrogens is 1. The Kier molecular flexibility index (Phi) is 7.81. The zero-order valence-electron chi connectivity index (χ0n) is 13.9. The van der Waals surface area contributed by atoms with Crippen molar-refractivity contribution in [3.63, 3.8) is 0 Å². The molecule has 0 spiro atoms. The maximum absolute atomic E-state index is 12.4. The molecule has 2 aromatic rings. The first-order chi connectivity index (χ1) is 11.8. The largest absolute Gasteiger partial charge is 0.465 e. The predicted molar refractivity (Wildman–Crippen MR) is 111 cm³/mol. The second-order valence-corrected chi connectivity index (χ2v) is 5.11. The van der Waals surface area contributed by atoms with E-state index in [1.807, 2.05) is 6.07 Å². The number of nitriles is 1. The number of aryl methyl sites for hydroxylation is 2. The third-order valence-electron chi connectivity index (χ3n) is 3.69. The average Bonchev–Trinajstić information content (AvgIpc) is 2.61. The van der Waals surface area contributed by atoms with Crippen LogP contribution in [-0.4, -0.2) is 22.6 Å². The van der Waals surface area contributed by atoms with Crippen LogP contribution in [0.25, 0.3) is 5.69 Å². The van der Waals surface area contributed by atoms with E-state index in [1.165, 1.54) is 19.2 Å². The number of carbonyl (C=O) groups is 1. The lowest BCUT2D eigenvalue weighted by Crippen LogP contribution is -2.36. The summed E-state index contributed by atoms with van der Waals surface area (Å²) in [7, 11) is 1.19. The minimum Gasteiger partial charge on any atom is -0.465 e. The molecule has 1 heterocycles. The lowest BCUT2D eigenvalue weighted by molar-refractivity contribution is 0.0600. The Morgan fingerprint density at radius 1 is 1.24 bits per heavy atom. The molecule has 0 bridgehead atoms. The normalized spacial score (nSPS) is 9.64. The summed E-state index contributed by atoms with van der Waals surface area (Å²) in [6.07, 6.45) is 0. The van der Waals surface area contributed by atoms with Gasteiger partial charge >= 0.3 is 11.7 Å². The number of aromatic amines is 1.